The number of aryl methyl sites for hydroxylation is 1. The topological polar surface area (TPSA) is 79.3 Å². The summed E-state index contributed by atoms with van der Waals surface area (Å²) in [6.07, 6.45) is -0.0745. The molecule has 2 N–H and O–H groups in total. The molecule has 1 rings (SSSR count). The van der Waals surface area contributed by atoms with E-state index < -0.39 is 5.97 Å². The number of carboxylic acid groups (broad SMARTS) is 1. The Kier molecular flexibility index (Phi) is 3.58. The summed E-state index contributed by atoms with van der Waals surface area (Å²) in [6, 6.07) is 0. The van der Waals surface area contributed by atoms with Crippen LogP contribution in [0.25, 0.3) is 0 Å². The van der Waals surface area contributed by atoms with Crippen LogP contribution in [0.1, 0.15) is 21.8 Å². The SMILES string of the molecule is Cc1scnc1C(=O)NCCC(=O)O. The lowest BCUT2D eigenvalue weighted by Gasteiger charge is -2.00. The highest BCUT2D eigenvalue weighted by Gasteiger charge is 2.11. The molecule has 0 saturated heterocycles. The maximum atomic E-state index is 11.3. The molecule has 0 saturated carbocycles. The van der Waals surface area contributed by atoms with Crippen molar-refractivity contribution in [2.45, 2.75) is 13.3 Å². The highest BCUT2D eigenvalue weighted by atomic mass is 32.1. The first kappa shape index (κ1) is 10.6. The first-order valence-electron chi connectivity index (χ1n) is 4.01. The number of hydrogen-bond acceptors (Lipinski definition) is 4. The summed E-state index contributed by atoms with van der Waals surface area (Å²) >= 11 is 1.38. The average Bonchev–Trinajstić information content (AvgIpc) is 2.50. The molecule has 0 aromatic carbocycles. The Balaban J connectivity index is 2.44. The number of thiazole rings is 1. The van der Waals surface area contributed by atoms with Crippen molar-refractivity contribution < 1.29 is 14.7 Å². The van der Waals surface area contributed by atoms with Crippen molar-refractivity contribution in [2.24, 2.45) is 0 Å². The number of carbonyl (C=O) groups excluding carboxylic acids is 1. The first-order chi connectivity index (χ1) is 6.61. The Hall–Kier alpha value is -1.43. The summed E-state index contributed by atoms with van der Waals surface area (Å²) in [5.74, 6) is -1.25. The van der Waals surface area contributed by atoms with Gasteiger partial charge in [-0.3, -0.25) is 9.59 Å². The minimum Gasteiger partial charge on any atom is -0.481 e. The van der Waals surface area contributed by atoms with Crippen molar-refractivity contribution >= 4 is 23.2 Å². The van der Waals surface area contributed by atoms with Gasteiger partial charge in [0.2, 0.25) is 0 Å². The number of rotatable bonds is 4. The number of carbonyl (C=O) groups is 2. The molecule has 0 aliphatic heterocycles. The predicted octanol–water partition coefficient (Wildman–Crippen LogP) is 0.656. The van der Waals surface area contributed by atoms with Crippen molar-refractivity contribution in [3.05, 3.63) is 16.1 Å². The molecule has 1 heterocycles. The second kappa shape index (κ2) is 4.71. The van der Waals surface area contributed by atoms with E-state index in [2.05, 4.69) is 10.3 Å². The molecule has 1 aromatic rings. The summed E-state index contributed by atoms with van der Waals surface area (Å²) in [5, 5.41) is 10.8. The maximum Gasteiger partial charge on any atom is 0.305 e. The van der Waals surface area contributed by atoms with Crippen molar-refractivity contribution in [1.82, 2.24) is 10.3 Å². The Morgan fingerprint density at radius 1 is 1.64 bits per heavy atom. The number of carboxylic acids is 1. The van der Waals surface area contributed by atoms with Crippen LogP contribution in [0, 0.1) is 6.92 Å². The second-order valence-corrected chi connectivity index (χ2v) is 3.72. The van der Waals surface area contributed by atoms with Crippen LogP contribution in [0.15, 0.2) is 5.51 Å². The molecule has 1 aromatic heterocycles. The van der Waals surface area contributed by atoms with Crippen molar-refractivity contribution in [2.75, 3.05) is 6.54 Å². The Morgan fingerprint density at radius 3 is 2.86 bits per heavy atom. The van der Waals surface area contributed by atoms with E-state index in [0.717, 1.165) is 4.88 Å². The van der Waals surface area contributed by atoms with Crippen LogP contribution in [-0.4, -0.2) is 28.5 Å². The van der Waals surface area contributed by atoms with Crippen molar-refractivity contribution in [1.29, 1.82) is 0 Å². The van der Waals surface area contributed by atoms with E-state index in [4.69, 9.17) is 5.11 Å². The zero-order valence-corrected chi connectivity index (χ0v) is 8.43. The fraction of sp³-hybridized carbons (Fsp3) is 0.375. The number of hydrogen-bond donors (Lipinski definition) is 2. The molecule has 0 radical (unpaired) electrons. The third kappa shape index (κ3) is 2.81. The van der Waals surface area contributed by atoms with Gasteiger partial charge in [-0.25, -0.2) is 4.98 Å². The van der Waals surface area contributed by atoms with E-state index in [1.54, 1.807) is 12.4 Å². The number of aliphatic carboxylic acids is 1. The predicted molar refractivity (Wildman–Crippen MR) is 51.4 cm³/mol. The monoisotopic (exact) mass is 214 g/mol. The molecule has 5 nitrogen and oxygen atoms in total. The van der Waals surface area contributed by atoms with Gasteiger partial charge >= 0.3 is 5.97 Å². The van der Waals surface area contributed by atoms with Gasteiger partial charge in [0, 0.05) is 11.4 Å². The highest BCUT2D eigenvalue weighted by molar-refractivity contribution is 7.09. The molecule has 76 valence electrons. The number of nitrogens with zero attached hydrogens (tertiary/aromatic N) is 1. The Bertz CT molecular complexity index is 348. The fourth-order valence-electron chi connectivity index (χ4n) is 0.890. The summed E-state index contributed by atoms with van der Waals surface area (Å²) < 4.78 is 0. The van der Waals surface area contributed by atoms with Gasteiger partial charge in [0.1, 0.15) is 5.69 Å². The summed E-state index contributed by atoms with van der Waals surface area (Å²) in [4.78, 5) is 26.2. The molecule has 0 spiro atoms. The van der Waals surface area contributed by atoms with Gasteiger partial charge in [0.05, 0.1) is 11.9 Å². The quantitative estimate of drug-likeness (QED) is 0.771. The Morgan fingerprint density at radius 2 is 2.36 bits per heavy atom. The number of nitrogens with one attached hydrogen (secondary N) is 1. The third-order valence-corrected chi connectivity index (χ3v) is 2.34. The fourth-order valence-corrected chi connectivity index (χ4v) is 1.46. The van der Waals surface area contributed by atoms with Crippen LogP contribution >= 0.6 is 11.3 Å². The number of amides is 1. The normalized spacial score (nSPS) is 9.79. The van der Waals surface area contributed by atoms with Crippen molar-refractivity contribution in [3.8, 4) is 0 Å². The molecule has 6 heteroatoms. The lowest BCUT2D eigenvalue weighted by molar-refractivity contribution is -0.136. The first-order valence-corrected chi connectivity index (χ1v) is 4.89. The van der Waals surface area contributed by atoms with Gasteiger partial charge in [-0.1, -0.05) is 0 Å². The summed E-state index contributed by atoms with van der Waals surface area (Å²) in [5.41, 5.74) is 1.96. The second-order valence-electron chi connectivity index (χ2n) is 2.66. The molecule has 0 aliphatic rings. The molecule has 14 heavy (non-hydrogen) atoms. The van der Waals surface area contributed by atoms with Gasteiger partial charge in [0.25, 0.3) is 5.91 Å². The zero-order chi connectivity index (χ0) is 10.6. The summed E-state index contributed by atoms with van der Waals surface area (Å²) in [6.45, 7) is 1.93. The van der Waals surface area contributed by atoms with Crippen molar-refractivity contribution in [3.63, 3.8) is 0 Å². The molecular formula is C8H10N2O3S. The van der Waals surface area contributed by atoms with E-state index in [9.17, 15) is 9.59 Å². The van der Waals surface area contributed by atoms with Gasteiger partial charge in [-0.05, 0) is 6.92 Å². The van der Waals surface area contributed by atoms with Crippen LogP contribution in [-0.2, 0) is 4.79 Å². The standard InChI is InChI=1S/C8H10N2O3S/c1-5-7(10-4-14-5)8(13)9-3-2-6(11)12/h4H,2-3H2,1H3,(H,9,13)(H,11,12). The van der Waals surface area contributed by atoms with Gasteiger partial charge in [0.15, 0.2) is 0 Å². The van der Waals surface area contributed by atoms with Crippen LogP contribution < -0.4 is 5.32 Å². The largest absolute Gasteiger partial charge is 0.481 e. The number of aromatic nitrogens is 1. The smallest absolute Gasteiger partial charge is 0.305 e. The van der Waals surface area contributed by atoms with Gasteiger partial charge in [-0.2, -0.15) is 0 Å². The minimum absolute atomic E-state index is 0.0745. The lowest BCUT2D eigenvalue weighted by atomic mass is 10.3. The zero-order valence-electron chi connectivity index (χ0n) is 7.61. The Labute approximate surface area is 84.8 Å². The van der Waals surface area contributed by atoms with E-state index in [1.807, 2.05) is 0 Å². The van der Waals surface area contributed by atoms with E-state index in [1.165, 1.54) is 11.3 Å². The molecule has 0 bridgehead atoms. The molecule has 1 amide bonds. The minimum atomic E-state index is -0.930. The molecule has 0 aliphatic carbocycles. The van der Waals surface area contributed by atoms with Crippen LogP contribution in [0.3, 0.4) is 0 Å². The van der Waals surface area contributed by atoms with E-state index in [-0.39, 0.29) is 18.9 Å². The third-order valence-electron chi connectivity index (χ3n) is 1.58. The van der Waals surface area contributed by atoms with Crippen LogP contribution in [0.5, 0.6) is 0 Å². The van der Waals surface area contributed by atoms with E-state index >= 15 is 0 Å². The van der Waals surface area contributed by atoms with Crippen LogP contribution in [0.4, 0.5) is 0 Å². The van der Waals surface area contributed by atoms with Crippen LogP contribution in [0.2, 0.25) is 0 Å². The molecule has 0 unspecified atom stereocenters. The highest BCUT2D eigenvalue weighted by Crippen LogP contribution is 2.10. The molecule has 0 fully saturated rings. The van der Waals surface area contributed by atoms with Gasteiger partial charge < -0.3 is 10.4 Å². The summed E-state index contributed by atoms with van der Waals surface area (Å²) in [7, 11) is 0. The molecule has 0 atom stereocenters. The van der Waals surface area contributed by atoms with E-state index in [0.29, 0.717) is 5.69 Å². The van der Waals surface area contributed by atoms with Gasteiger partial charge in [-0.15, -0.1) is 11.3 Å². The lowest BCUT2D eigenvalue weighted by Crippen LogP contribution is -2.26. The maximum absolute atomic E-state index is 11.3. The average molecular weight is 214 g/mol. The molecular weight excluding hydrogens is 204 g/mol.